The van der Waals surface area contributed by atoms with Crippen molar-refractivity contribution in [3.63, 3.8) is 0 Å². The van der Waals surface area contributed by atoms with Crippen LogP contribution in [0.25, 0.3) is 0 Å². The van der Waals surface area contributed by atoms with E-state index in [-0.39, 0.29) is 6.61 Å². The number of hydrazine groups is 1. The zero-order chi connectivity index (χ0) is 13.1. The highest BCUT2D eigenvalue weighted by Gasteiger charge is 2.25. The van der Waals surface area contributed by atoms with Gasteiger partial charge in [-0.05, 0) is 24.8 Å². The second kappa shape index (κ2) is 5.93. The minimum Gasteiger partial charge on any atom is -0.396 e. The molecule has 0 radical (unpaired) electrons. The van der Waals surface area contributed by atoms with Crippen LogP contribution >= 0.6 is 23.2 Å². The summed E-state index contributed by atoms with van der Waals surface area (Å²) in [4.78, 5) is 6.43. The Morgan fingerprint density at radius 3 is 2.94 bits per heavy atom. The Labute approximate surface area is 116 Å². The fourth-order valence-electron chi connectivity index (χ4n) is 2.22. The van der Waals surface area contributed by atoms with Crippen molar-refractivity contribution in [2.75, 3.05) is 30.0 Å². The van der Waals surface area contributed by atoms with E-state index >= 15 is 0 Å². The van der Waals surface area contributed by atoms with Crippen molar-refractivity contribution in [1.82, 2.24) is 4.98 Å². The second-order valence-electron chi connectivity index (χ2n) is 4.38. The van der Waals surface area contributed by atoms with Crippen LogP contribution in [0.5, 0.6) is 0 Å². The number of anilines is 2. The minimum absolute atomic E-state index is 0.218. The van der Waals surface area contributed by atoms with Crippen LogP contribution in [-0.4, -0.2) is 29.8 Å². The summed E-state index contributed by atoms with van der Waals surface area (Å²) in [5, 5.41) is 9.87. The number of hydrogen-bond acceptors (Lipinski definition) is 5. The van der Waals surface area contributed by atoms with Gasteiger partial charge in [0.1, 0.15) is 5.82 Å². The molecule has 0 bridgehead atoms. The van der Waals surface area contributed by atoms with Gasteiger partial charge in [-0.25, -0.2) is 10.8 Å². The summed E-state index contributed by atoms with van der Waals surface area (Å²) in [6.07, 6.45) is 1.84. The molecule has 0 amide bonds. The molecule has 1 atom stereocenters. The summed E-state index contributed by atoms with van der Waals surface area (Å²) in [6.45, 7) is 1.94. The average molecular weight is 291 g/mol. The van der Waals surface area contributed by atoms with Crippen molar-refractivity contribution in [3.8, 4) is 0 Å². The molecule has 2 rings (SSSR count). The Kier molecular flexibility index (Phi) is 4.50. The van der Waals surface area contributed by atoms with Crippen molar-refractivity contribution >= 4 is 34.8 Å². The molecule has 1 aromatic heterocycles. The van der Waals surface area contributed by atoms with E-state index in [1.165, 1.54) is 0 Å². The SMILES string of the molecule is NNc1nc(N2CCC(CCO)C2)c(Cl)cc1Cl. The lowest BCUT2D eigenvalue weighted by Gasteiger charge is -2.20. The van der Waals surface area contributed by atoms with Gasteiger partial charge >= 0.3 is 0 Å². The highest BCUT2D eigenvalue weighted by atomic mass is 35.5. The lowest BCUT2D eigenvalue weighted by atomic mass is 10.1. The van der Waals surface area contributed by atoms with Crippen LogP contribution in [0.4, 0.5) is 11.6 Å². The molecule has 5 nitrogen and oxygen atoms in total. The van der Waals surface area contributed by atoms with Crippen LogP contribution in [0.15, 0.2) is 6.07 Å². The van der Waals surface area contributed by atoms with Crippen LogP contribution in [0.1, 0.15) is 12.8 Å². The molecule has 4 N–H and O–H groups in total. The maximum atomic E-state index is 8.95. The van der Waals surface area contributed by atoms with Gasteiger partial charge in [0.15, 0.2) is 5.82 Å². The van der Waals surface area contributed by atoms with Gasteiger partial charge in [-0.2, -0.15) is 0 Å². The number of hydrogen-bond donors (Lipinski definition) is 3. The normalized spacial score (nSPS) is 19.3. The van der Waals surface area contributed by atoms with Crippen LogP contribution in [0.2, 0.25) is 10.0 Å². The molecular weight excluding hydrogens is 275 g/mol. The Morgan fingerprint density at radius 1 is 1.50 bits per heavy atom. The molecular formula is C11H16Cl2N4O. The van der Waals surface area contributed by atoms with E-state index in [4.69, 9.17) is 34.2 Å². The van der Waals surface area contributed by atoms with Gasteiger partial charge in [-0.15, -0.1) is 0 Å². The summed E-state index contributed by atoms with van der Waals surface area (Å²) in [5.41, 5.74) is 2.45. The lowest BCUT2D eigenvalue weighted by molar-refractivity contribution is 0.263. The van der Waals surface area contributed by atoms with Crippen LogP contribution in [0, 0.1) is 5.92 Å². The molecule has 18 heavy (non-hydrogen) atoms. The number of halogens is 2. The van der Waals surface area contributed by atoms with Gasteiger partial charge in [0.05, 0.1) is 10.0 Å². The summed E-state index contributed by atoms with van der Waals surface area (Å²) in [5.74, 6) is 6.94. The second-order valence-corrected chi connectivity index (χ2v) is 5.20. The fourth-order valence-corrected chi connectivity index (χ4v) is 2.76. The Hall–Kier alpha value is -0.750. The lowest BCUT2D eigenvalue weighted by Crippen LogP contribution is -2.22. The van der Waals surface area contributed by atoms with Gasteiger partial charge < -0.3 is 15.4 Å². The molecule has 1 fully saturated rings. The van der Waals surface area contributed by atoms with E-state index in [0.717, 1.165) is 25.9 Å². The van der Waals surface area contributed by atoms with E-state index < -0.39 is 0 Å². The maximum absolute atomic E-state index is 8.95. The van der Waals surface area contributed by atoms with Crippen LogP contribution in [0.3, 0.4) is 0 Å². The quantitative estimate of drug-likeness (QED) is 0.583. The number of nitrogen functional groups attached to an aromatic ring is 1. The zero-order valence-electron chi connectivity index (χ0n) is 9.87. The molecule has 7 heteroatoms. The molecule has 0 aromatic carbocycles. The van der Waals surface area contributed by atoms with Gasteiger partial charge in [0.2, 0.25) is 0 Å². The van der Waals surface area contributed by atoms with Gasteiger partial charge in [0, 0.05) is 19.7 Å². The maximum Gasteiger partial charge on any atom is 0.161 e. The topological polar surface area (TPSA) is 74.4 Å². The number of nitrogens with zero attached hydrogens (tertiary/aromatic N) is 2. The van der Waals surface area contributed by atoms with Crippen LogP contribution in [-0.2, 0) is 0 Å². The standard InChI is InChI=1S/C11H16Cl2N4O/c12-8-5-9(13)11(15-10(8)16-14)17-3-1-7(6-17)2-4-18/h5,7,18H,1-4,6,14H2,(H,15,16). The first-order chi connectivity index (χ1) is 8.65. The third-order valence-corrected chi connectivity index (χ3v) is 3.74. The highest BCUT2D eigenvalue weighted by Crippen LogP contribution is 2.34. The van der Waals surface area contributed by atoms with Crippen molar-refractivity contribution in [2.24, 2.45) is 11.8 Å². The largest absolute Gasteiger partial charge is 0.396 e. The number of aliphatic hydroxyl groups excluding tert-OH is 1. The number of aliphatic hydroxyl groups is 1. The summed E-state index contributed by atoms with van der Waals surface area (Å²) >= 11 is 12.1. The first-order valence-corrected chi connectivity index (χ1v) is 6.59. The van der Waals surface area contributed by atoms with Gasteiger partial charge in [-0.3, -0.25) is 0 Å². The molecule has 0 spiro atoms. The minimum atomic E-state index is 0.218. The zero-order valence-corrected chi connectivity index (χ0v) is 11.4. The van der Waals surface area contributed by atoms with Crippen molar-refractivity contribution in [1.29, 1.82) is 0 Å². The monoisotopic (exact) mass is 290 g/mol. The smallest absolute Gasteiger partial charge is 0.161 e. The van der Waals surface area contributed by atoms with Crippen molar-refractivity contribution in [3.05, 3.63) is 16.1 Å². The molecule has 1 aliphatic heterocycles. The number of aromatic nitrogens is 1. The first kappa shape index (κ1) is 13.7. The number of rotatable bonds is 4. The Morgan fingerprint density at radius 2 is 2.28 bits per heavy atom. The van der Waals surface area contributed by atoms with Crippen LogP contribution < -0.4 is 16.2 Å². The Balaban J connectivity index is 2.18. The summed E-state index contributed by atoms with van der Waals surface area (Å²) in [6, 6.07) is 1.64. The third-order valence-electron chi connectivity index (χ3n) is 3.17. The average Bonchev–Trinajstić information content (AvgIpc) is 2.78. The molecule has 0 saturated carbocycles. The molecule has 2 heterocycles. The van der Waals surface area contributed by atoms with E-state index in [1.807, 2.05) is 0 Å². The van der Waals surface area contributed by atoms with Crippen molar-refractivity contribution < 1.29 is 5.11 Å². The first-order valence-electron chi connectivity index (χ1n) is 5.84. The van der Waals surface area contributed by atoms with Crippen molar-refractivity contribution in [2.45, 2.75) is 12.8 Å². The van der Waals surface area contributed by atoms with E-state index in [1.54, 1.807) is 6.07 Å². The Bertz CT molecular complexity index is 430. The predicted octanol–water partition coefficient (Wildman–Crippen LogP) is 1.88. The summed E-state index contributed by atoms with van der Waals surface area (Å²) < 4.78 is 0. The number of pyridine rings is 1. The number of nitrogens with two attached hydrogens (primary N) is 1. The van der Waals surface area contributed by atoms with E-state index in [0.29, 0.717) is 27.6 Å². The predicted molar refractivity (Wildman–Crippen MR) is 74.1 cm³/mol. The molecule has 1 aromatic rings. The molecule has 1 aliphatic rings. The van der Waals surface area contributed by atoms with Gasteiger partial charge in [0.25, 0.3) is 0 Å². The molecule has 0 aliphatic carbocycles. The molecule has 1 saturated heterocycles. The van der Waals surface area contributed by atoms with E-state index in [2.05, 4.69) is 15.3 Å². The van der Waals surface area contributed by atoms with Gasteiger partial charge in [-0.1, -0.05) is 23.2 Å². The summed E-state index contributed by atoms with van der Waals surface area (Å²) in [7, 11) is 0. The fraction of sp³-hybridized carbons (Fsp3) is 0.545. The third kappa shape index (κ3) is 2.80. The molecule has 100 valence electrons. The highest BCUT2D eigenvalue weighted by molar-refractivity contribution is 6.37. The molecule has 1 unspecified atom stereocenters. The number of nitrogens with one attached hydrogen (secondary N) is 1. The van der Waals surface area contributed by atoms with E-state index in [9.17, 15) is 0 Å².